The van der Waals surface area contributed by atoms with E-state index in [0.717, 1.165) is 11.3 Å². The zero-order valence-corrected chi connectivity index (χ0v) is 18.0. The Balaban J connectivity index is 1.75. The van der Waals surface area contributed by atoms with E-state index in [1.165, 1.54) is 7.11 Å². The Hall–Kier alpha value is -4.14. The second-order valence-corrected chi connectivity index (χ2v) is 7.49. The van der Waals surface area contributed by atoms with Gasteiger partial charge in [0.2, 0.25) is 11.8 Å². The third kappa shape index (κ3) is 3.58. The van der Waals surface area contributed by atoms with Crippen LogP contribution >= 0.6 is 11.6 Å². The molecule has 0 saturated heterocycles. The number of hydrogen-bond acceptors (Lipinski definition) is 7. The first-order chi connectivity index (χ1) is 15.5. The SMILES string of the molecule is COc1cc([C@@H]2C(C#N)=C(N)Oc3n[nH]c(C)c32)cc(Cl)c1OCc1ccccc1C#N. The van der Waals surface area contributed by atoms with Crippen LogP contribution < -0.4 is 19.9 Å². The van der Waals surface area contributed by atoms with E-state index in [9.17, 15) is 10.5 Å². The van der Waals surface area contributed by atoms with Crippen LogP contribution in [0.2, 0.25) is 5.02 Å². The van der Waals surface area contributed by atoms with Gasteiger partial charge in [0.15, 0.2) is 11.5 Å². The molecule has 2 heterocycles. The summed E-state index contributed by atoms with van der Waals surface area (Å²) in [4.78, 5) is 0. The number of halogens is 1. The van der Waals surface area contributed by atoms with Gasteiger partial charge in [0, 0.05) is 16.8 Å². The predicted molar refractivity (Wildman–Crippen MR) is 116 cm³/mol. The second-order valence-electron chi connectivity index (χ2n) is 7.08. The van der Waals surface area contributed by atoms with Crippen molar-refractivity contribution in [1.29, 1.82) is 10.5 Å². The molecule has 0 unspecified atom stereocenters. The average Bonchev–Trinajstić information content (AvgIpc) is 3.16. The van der Waals surface area contributed by atoms with Crippen LogP contribution in [0.5, 0.6) is 17.4 Å². The molecule has 1 atom stereocenters. The molecule has 32 heavy (non-hydrogen) atoms. The highest BCUT2D eigenvalue weighted by Gasteiger charge is 2.35. The molecule has 0 amide bonds. The number of nitriles is 2. The number of aromatic nitrogens is 2. The van der Waals surface area contributed by atoms with Gasteiger partial charge in [0.25, 0.3) is 0 Å². The van der Waals surface area contributed by atoms with E-state index in [2.05, 4.69) is 22.3 Å². The Morgan fingerprint density at radius 1 is 1.25 bits per heavy atom. The molecule has 1 aliphatic rings. The molecule has 0 radical (unpaired) electrons. The van der Waals surface area contributed by atoms with Gasteiger partial charge >= 0.3 is 0 Å². The number of aryl methyl sites for hydroxylation is 1. The zero-order valence-electron chi connectivity index (χ0n) is 17.3. The number of fused-ring (bicyclic) bond motifs is 1. The zero-order chi connectivity index (χ0) is 22.8. The molecule has 0 spiro atoms. The molecule has 0 fully saturated rings. The van der Waals surface area contributed by atoms with E-state index in [1.54, 1.807) is 24.3 Å². The summed E-state index contributed by atoms with van der Waals surface area (Å²) in [7, 11) is 1.50. The molecule has 1 aromatic heterocycles. The van der Waals surface area contributed by atoms with Crippen LogP contribution in [0.15, 0.2) is 47.9 Å². The minimum atomic E-state index is -0.540. The highest BCUT2D eigenvalue weighted by molar-refractivity contribution is 6.32. The quantitative estimate of drug-likeness (QED) is 0.603. The van der Waals surface area contributed by atoms with Crippen molar-refractivity contribution in [1.82, 2.24) is 10.2 Å². The first kappa shape index (κ1) is 21.1. The second kappa shape index (κ2) is 8.54. The van der Waals surface area contributed by atoms with Crippen molar-refractivity contribution in [3.05, 3.63) is 80.8 Å². The van der Waals surface area contributed by atoms with Crippen LogP contribution in [0.4, 0.5) is 0 Å². The van der Waals surface area contributed by atoms with Gasteiger partial charge in [-0.25, -0.2) is 0 Å². The lowest BCUT2D eigenvalue weighted by Gasteiger charge is -2.24. The third-order valence-corrected chi connectivity index (χ3v) is 5.51. The highest BCUT2D eigenvalue weighted by Crippen LogP contribution is 2.46. The van der Waals surface area contributed by atoms with Crippen molar-refractivity contribution in [2.45, 2.75) is 19.4 Å². The number of nitrogens with zero attached hydrogens (tertiary/aromatic N) is 3. The summed E-state index contributed by atoms with van der Waals surface area (Å²) in [5.41, 5.74) is 9.59. The molecule has 0 bridgehead atoms. The van der Waals surface area contributed by atoms with Gasteiger partial charge in [-0.05, 0) is 30.7 Å². The molecule has 9 heteroatoms. The van der Waals surface area contributed by atoms with Crippen LogP contribution in [0.1, 0.15) is 33.9 Å². The topological polar surface area (TPSA) is 130 Å². The number of hydrogen-bond donors (Lipinski definition) is 2. The molecule has 8 nitrogen and oxygen atoms in total. The number of ether oxygens (including phenoxy) is 3. The van der Waals surface area contributed by atoms with Crippen LogP contribution in [0.25, 0.3) is 0 Å². The fourth-order valence-electron chi connectivity index (χ4n) is 3.68. The minimum Gasteiger partial charge on any atom is -0.493 e. The molecular weight excluding hydrogens is 430 g/mol. The number of nitrogens with one attached hydrogen (secondary N) is 1. The smallest absolute Gasteiger partial charge is 0.244 e. The Morgan fingerprint density at radius 2 is 2.03 bits per heavy atom. The molecule has 4 rings (SSSR count). The van der Waals surface area contributed by atoms with E-state index in [4.69, 9.17) is 31.5 Å². The fourth-order valence-corrected chi connectivity index (χ4v) is 3.96. The number of H-pyrrole nitrogens is 1. The molecular formula is C23H18ClN5O3. The van der Waals surface area contributed by atoms with Crippen molar-refractivity contribution >= 4 is 11.6 Å². The number of methoxy groups -OCH3 is 1. The van der Waals surface area contributed by atoms with Crippen LogP contribution in [0.3, 0.4) is 0 Å². The lowest BCUT2D eigenvalue weighted by molar-refractivity contribution is 0.284. The van der Waals surface area contributed by atoms with Crippen molar-refractivity contribution < 1.29 is 14.2 Å². The average molecular weight is 448 g/mol. The number of rotatable bonds is 5. The summed E-state index contributed by atoms with van der Waals surface area (Å²) >= 11 is 6.59. The highest BCUT2D eigenvalue weighted by atomic mass is 35.5. The monoisotopic (exact) mass is 447 g/mol. The molecule has 3 N–H and O–H groups in total. The normalized spacial score (nSPS) is 14.7. The molecule has 160 valence electrons. The lowest BCUT2D eigenvalue weighted by atomic mass is 9.84. The van der Waals surface area contributed by atoms with Gasteiger partial charge in [0.1, 0.15) is 18.2 Å². The molecule has 1 aliphatic heterocycles. The van der Waals surface area contributed by atoms with Gasteiger partial charge in [0.05, 0.1) is 29.7 Å². The number of nitrogens with two attached hydrogens (primary N) is 1. The van der Waals surface area contributed by atoms with Crippen molar-refractivity contribution in [3.63, 3.8) is 0 Å². The molecule has 3 aromatic rings. The lowest BCUT2D eigenvalue weighted by Crippen LogP contribution is -2.21. The molecule has 0 saturated carbocycles. The van der Waals surface area contributed by atoms with E-state index in [0.29, 0.717) is 39.1 Å². The molecule has 2 aromatic carbocycles. The Labute approximate surface area is 189 Å². The van der Waals surface area contributed by atoms with Crippen molar-refractivity contribution in [2.24, 2.45) is 5.73 Å². The maximum Gasteiger partial charge on any atom is 0.244 e. The Bertz CT molecular complexity index is 1320. The van der Waals surface area contributed by atoms with Gasteiger partial charge in [-0.15, -0.1) is 5.10 Å². The minimum absolute atomic E-state index is 0.0139. The van der Waals surface area contributed by atoms with Crippen molar-refractivity contribution in [2.75, 3.05) is 7.11 Å². The summed E-state index contributed by atoms with van der Waals surface area (Å²) < 4.78 is 17.0. The van der Waals surface area contributed by atoms with Crippen LogP contribution in [-0.4, -0.2) is 17.3 Å². The predicted octanol–water partition coefficient (Wildman–Crippen LogP) is 4.05. The summed E-state index contributed by atoms with van der Waals surface area (Å²) in [6, 6.07) is 14.9. The van der Waals surface area contributed by atoms with Crippen LogP contribution in [0, 0.1) is 29.6 Å². The summed E-state index contributed by atoms with van der Waals surface area (Å²) in [6.45, 7) is 1.97. The van der Waals surface area contributed by atoms with E-state index in [1.807, 2.05) is 19.1 Å². The summed E-state index contributed by atoms with van der Waals surface area (Å²) in [5, 5.41) is 26.3. The van der Waals surface area contributed by atoms with Gasteiger partial charge in [-0.3, -0.25) is 5.10 Å². The standard InChI is InChI=1S/C23H18ClN5O3/c1-12-19-20(16(10-26)22(27)32-23(19)29-28-12)15-7-17(24)21(18(8-15)30-2)31-11-14-6-4-3-5-13(14)9-25/h3-8,20H,11,27H2,1-2H3,(H,28,29)/t20-/m1/s1. The maximum absolute atomic E-state index is 9.74. The number of aromatic amines is 1. The Morgan fingerprint density at radius 3 is 2.75 bits per heavy atom. The largest absolute Gasteiger partial charge is 0.493 e. The third-order valence-electron chi connectivity index (χ3n) is 5.22. The van der Waals surface area contributed by atoms with Gasteiger partial charge in [-0.2, -0.15) is 10.5 Å². The Kier molecular flexibility index (Phi) is 5.63. The number of benzene rings is 2. The first-order valence-electron chi connectivity index (χ1n) is 9.59. The van der Waals surface area contributed by atoms with E-state index < -0.39 is 5.92 Å². The number of allylic oxidation sites excluding steroid dienone is 1. The van der Waals surface area contributed by atoms with Gasteiger partial charge in [-0.1, -0.05) is 29.8 Å². The summed E-state index contributed by atoms with van der Waals surface area (Å²) in [5.74, 6) is 0.471. The van der Waals surface area contributed by atoms with Gasteiger partial charge < -0.3 is 19.9 Å². The van der Waals surface area contributed by atoms with Crippen LogP contribution in [-0.2, 0) is 6.61 Å². The van der Waals surface area contributed by atoms with Crippen molar-refractivity contribution in [3.8, 4) is 29.5 Å². The summed E-state index contributed by atoms with van der Waals surface area (Å²) in [6.07, 6.45) is 0. The first-order valence-corrected chi connectivity index (χ1v) is 9.97. The van der Waals surface area contributed by atoms with E-state index in [-0.39, 0.29) is 18.1 Å². The van der Waals surface area contributed by atoms with E-state index >= 15 is 0 Å². The molecule has 0 aliphatic carbocycles. The fraction of sp³-hybridized carbons (Fsp3) is 0.174. The maximum atomic E-state index is 9.74.